The molecule has 0 bridgehead atoms. The number of likely N-dealkylation sites (N-methyl/N-ethyl adjacent to an activating group) is 1. The molecule has 1 aromatic heterocycles. The topological polar surface area (TPSA) is 60.2 Å². The minimum atomic E-state index is 0.558. The van der Waals surface area contributed by atoms with Crippen LogP contribution in [0, 0.1) is 5.92 Å². The predicted octanol–water partition coefficient (Wildman–Crippen LogP) is 0.410. The molecular formula is C10H17N3O2. The maximum Gasteiger partial charge on any atom is 0.227 e. The van der Waals surface area contributed by atoms with E-state index in [0.717, 1.165) is 50.7 Å². The van der Waals surface area contributed by atoms with Gasteiger partial charge in [0.15, 0.2) is 5.82 Å². The Morgan fingerprint density at radius 1 is 1.53 bits per heavy atom. The lowest BCUT2D eigenvalue weighted by Crippen LogP contribution is -2.11. The van der Waals surface area contributed by atoms with Crippen LogP contribution in [0.3, 0.4) is 0 Å². The van der Waals surface area contributed by atoms with E-state index in [1.165, 1.54) is 0 Å². The van der Waals surface area contributed by atoms with Crippen LogP contribution in [0.1, 0.15) is 18.1 Å². The van der Waals surface area contributed by atoms with Gasteiger partial charge in [-0.2, -0.15) is 4.98 Å². The molecule has 1 aliphatic rings. The van der Waals surface area contributed by atoms with Crippen LogP contribution in [0.2, 0.25) is 0 Å². The van der Waals surface area contributed by atoms with Gasteiger partial charge < -0.3 is 14.6 Å². The summed E-state index contributed by atoms with van der Waals surface area (Å²) in [5.74, 6) is 2.09. The van der Waals surface area contributed by atoms with E-state index < -0.39 is 0 Å². The molecule has 5 heteroatoms. The van der Waals surface area contributed by atoms with Gasteiger partial charge in [-0.3, -0.25) is 0 Å². The maximum atomic E-state index is 5.30. The smallest absolute Gasteiger partial charge is 0.227 e. The molecule has 0 spiro atoms. The van der Waals surface area contributed by atoms with E-state index in [9.17, 15) is 0 Å². The highest BCUT2D eigenvalue weighted by atomic mass is 16.5. The zero-order chi connectivity index (χ0) is 10.5. The van der Waals surface area contributed by atoms with Gasteiger partial charge in [0, 0.05) is 32.6 Å². The normalized spacial score (nSPS) is 21.0. The van der Waals surface area contributed by atoms with Crippen molar-refractivity contribution in [3.8, 4) is 0 Å². The first-order chi connectivity index (χ1) is 7.38. The minimum absolute atomic E-state index is 0.558. The van der Waals surface area contributed by atoms with Gasteiger partial charge in [-0.25, -0.2) is 0 Å². The van der Waals surface area contributed by atoms with Crippen LogP contribution >= 0.6 is 0 Å². The first-order valence-corrected chi connectivity index (χ1v) is 5.42. The van der Waals surface area contributed by atoms with Crippen molar-refractivity contribution < 1.29 is 9.26 Å². The number of nitrogens with zero attached hydrogens (tertiary/aromatic N) is 2. The van der Waals surface area contributed by atoms with Crippen molar-refractivity contribution in [2.24, 2.45) is 5.92 Å². The van der Waals surface area contributed by atoms with E-state index in [0.29, 0.717) is 5.92 Å². The summed E-state index contributed by atoms with van der Waals surface area (Å²) >= 11 is 0. The fraction of sp³-hybridized carbons (Fsp3) is 0.800. The number of rotatable bonds is 5. The summed E-state index contributed by atoms with van der Waals surface area (Å²) in [7, 11) is 1.91. The fourth-order valence-corrected chi connectivity index (χ4v) is 1.70. The minimum Gasteiger partial charge on any atom is -0.381 e. The first-order valence-electron chi connectivity index (χ1n) is 5.42. The molecule has 2 rings (SSSR count). The van der Waals surface area contributed by atoms with Gasteiger partial charge in [0.2, 0.25) is 5.89 Å². The first kappa shape index (κ1) is 10.6. The second-order valence-electron chi connectivity index (χ2n) is 3.89. The summed E-state index contributed by atoms with van der Waals surface area (Å²) in [5, 5.41) is 6.99. The Bertz CT molecular complexity index is 295. The molecule has 0 radical (unpaired) electrons. The van der Waals surface area contributed by atoms with Crippen molar-refractivity contribution in [1.29, 1.82) is 0 Å². The third-order valence-corrected chi connectivity index (χ3v) is 2.60. The predicted molar refractivity (Wildman–Crippen MR) is 54.6 cm³/mol. The van der Waals surface area contributed by atoms with E-state index in [1.807, 2.05) is 7.05 Å². The summed E-state index contributed by atoms with van der Waals surface area (Å²) in [5.41, 5.74) is 0. The lowest BCUT2D eigenvalue weighted by molar-refractivity contribution is 0.183. The lowest BCUT2D eigenvalue weighted by atomic mass is 10.1. The number of ether oxygens (including phenoxy) is 1. The van der Waals surface area contributed by atoms with Gasteiger partial charge in [-0.15, -0.1) is 0 Å². The molecular weight excluding hydrogens is 194 g/mol. The molecule has 84 valence electrons. The molecule has 1 unspecified atom stereocenters. The van der Waals surface area contributed by atoms with Gasteiger partial charge >= 0.3 is 0 Å². The monoisotopic (exact) mass is 211 g/mol. The Morgan fingerprint density at radius 3 is 3.20 bits per heavy atom. The molecule has 15 heavy (non-hydrogen) atoms. The molecule has 0 aromatic carbocycles. The van der Waals surface area contributed by atoms with Crippen LogP contribution in [0.25, 0.3) is 0 Å². The molecule has 1 saturated heterocycles. The SMILES string of the molecule is CNCCc1noc(CC2CCOC2)n1. The Kier molecular flexibility index (Phi) is 3.69. The molecule has 0 amide bonds. The van der Waals surface area contributed by atoms with Gasteiger partial charge in [-0.1, -0.05) is 5.16 Å². The number of hydrogen-bond donors (Lipinski definition) is 1. The van der Waals surface area contributed by atoms with Crippen molar-refractivity contribution in [2.75, 3.05) is 26.8 Å². The van der Waals surface area contributed by atoms with Crippen molar-refractivity contribution in [2.45, 2.75) is 19.3 Å². The quantitative estimate of drug-likeness (QED) is 0.764. The Labute approximate surface area is 89.2 Å². The van der Waals surface area contributed by atoms with E-state index in [-0.39, 0.29) is 0 Å². The van der Waals surface area contributed by atoms with Crippen LogP contribution in [-0.4, -0.2) is 36.9 Å². The van der Waals surface area contributed by atoms with Gasteiger partial charge in [-0.05, 0) is 19.4 Å². The third-order valence-electron chi connectivity index (χ3n) is 2.60. The Morgan fingerprint density at radius 2 is 2.47 bits per heavy atom. The van der Waals surface area contributed by atoms with Crippen LogP contribution < -0.4 is 5.32 Å². The van der Waals surface area contributed by atoms with E-state index in [2.05, 4.69) is 15.5 Å². The third kappa shape index (κ3) is 3.00. The van der Waals surface area contributed by atoms with E-state index in [1.54, 1.807) is 0 Å². The zero-order valence-corrected chi connectivity index (χ0v) is 9.03. The van der Waals surface area contributed by atoms with Crippen LogP contribution in [0.5, 0.6) is 0 Å². The van der Waals surface area contributed by atoms with E-state index in [4.69, 9.17) is 9.26 Å². The summed E-state index contributed by atoms with van der Waals surface area (Å²) < 4.78 is 10.5. The lowest BCUT2D eigenvalue weighted by Gasteiger charge is -2.00. The summed E-state index contributed by atoms with van der Waals surface area (Å²) in [6, 6.07) is 0. The highest BCUT2D eigenvalue weighted by Crippen LogP contribution is 2.17. The molecule has 1 fully saturated rings. The molecule has 2 heterocycles. The zero-order valence-electron chi connectivity index (χ0n) is 9.03. The Balaban J connectivity index is 1.83. The van der Waals surface area contributed by atoms with Gasteiger partial charge in [0.1, 0.15) is 0 Å². The number of nitrogens with one attached hydrogen (secondary N) is 1. The standard InChI is InChI=1S/C10H17N3O2/c1-11-4-2-9-12-10(15-13-9)6-8-3-5-14-7-8/h8,11H,2-7H2,1H3. The highest BCUT2D eigenvalue weighted by Gasteiger charge is 2.19. The fourth-order valence-electron chi connectivity index (χ4n) is 1.70. The van der Waals surface area contributed by atoms with Crippen molar-refractivity contribution in [1.82, 2.24) is 15.5 Å². The molecule has 1 N–H and O–H groups in total. The molecule has 1 aromatic rings. The Hall–Kier alpha value is -0.940. The largest absolute Gasteiger partial charge is 0.381 e. The molecule has 0 aliphatic carbocycles. The molecule has 1 atom stereocenters. The number of aromatic nitrogens is 2. The second-order valence-corrected chi connectivity index (χ2v) is 3.89. The summed E-state index contributed by atoms with van der Waals surface area (Å²) in [4.78, 5) is 4.34. The highest BCUT2D eigenvalue weighted by molar-refractivity contribution is 4.89. The van der Waals surface area contributed by atoms with Crippen LogP contribution in [0.15, 0.2) is 4.52 Å². The molecule has 1 aliphatic heterocycles. The second kappa shape index (κ2) is 5.23. The van der Waals surface area contributed by atoms with Crippen LogP contribution in [0.4, 0.5) is 0 Å². The van der Waals surface area contributed by atoms with Crippen LogP contribution in [-0.2, 0) is 17.6 Å². The maximum absolute atomic E-state index is 5.30. The summed E-state index contributed by atoms with van der Waals surface area (Å²) in [6.07, 6.45) is 2.78. The molecule has 5 nitrogen and oxygen atoms in total. The van der Waals surface area contributed by atoms with E-state index >= 15 is 0 Å². The van der Waals surface area contributed by atoms with Crippen molar-refractivity contribution in [3.63, 3.8) is 0 Å². The van der Waals surface area contributed by atoms with Crippen molar-refractivity contribution >= 4 is 0 Å². The summed E-state index contributed by atoms with van der Waals surface area (Å²) in [6.45, 7) is 2.57. The average Bonchev–Trinajstić information content (AvgIpc) is 2.87. The van der Waals surface area contributed by atoms with Crippen molar-refractivity contribution in [3.05, 3.63) is 11.7 Å². The van der Waals surface area contributed by atoms with Gasteiger partial charge in [0.25, 0.3) is 0 Å². The number of hydrogen-bond acceptors (Lipinski definition) is 5. The molecule has 0 saturated carbocycles. The average molecular weight is 211 g/mol. The van der Waals surface area contributed by atoms with Gasteiger partial charge in [0.05, 0.1) is 0 Å².